The third-order valence-electron chi connectivity index (χ3n) is 2.14. The summed E-state index contributed by atoms with van der Waals surface area (Å²) in [7, 11) is 0. The predicted octanol–water partition coefficient (Wildman–Crippen LogP) is 1.83. The van der Waals surface area contributed by atoms with Gasteiger partial charge >= 0.3 is 0 Å². The van der Waals surface area contributed by atoms with Crippen LogP contribution in [0.5, 0.6) is 0 Å². The first-order valence-electron chi connectivity index (χ1n) is 5.23. The first kappa shape index (κ1) is 12.4. The van der Waals surface area contributed by atoms with Gasteiger partial charge in [-0.3, -0.25) is 4.79 Å². The Morgan fingerprint density at radius 2 is 2.00 bits per heavy atom. The SMILES string of the molecule is CC(C)(C)CNc1ccc(N)c(C(N)=O)c1. The van der Waals surface area contributed by atoms with Gasteiger partial charge in [-0.25, -0.2) is 0 Å². The van der Waals surface area contributed by atoms with Gasteiger partial charge in [-0.1, -0.05) is 20.8 Å². The smallest absolute Gasteiger partial charge is 0.250 e. The number of nitrogen functional groups attached to an aromatic ring is 1. The summed E-state index contributed by atoms with van der Waals surface area (Å²) in [5.41, 5.74) is 12.7. The first-order chi connectivity index (χ1) is 7.29. The standard InChI is InChI=1S/C12H19N3O/c1-12(2,3)7-15-8-4-5-10(13)9(6-8)11(14)16/h4-6,15H,7,13H2,1-3H3,(H2,14,16). The average Bonchev–Trinajstić information content (AvgIpc) is 2.14. The molecule has 0 saturated carbocycles. The third-order valence-corrected chi connectivity index (χ3v) is 2.14. The van der Waals surface area contributed by atoms with Crippen LogP contribution in [0, 0.1) is 5.41 Å². The normalized spacial score (nSPS) is 11.2. The van der Waals surface area contributed by atoms with E-state index < -0.39 is 5.91 Å². The molecule has 0 saturated heterocycles. The molecule has 4 heteroatoms. The highest BCUT2D eigenvalue weighted by Crippen LogP contribution is 2.19. The molecule has 0 aliphatic rings. The topological polar surface area (TPSA) is 81.1 Å². The molecule has 0 fully saturated rings. The van der Waals surface area contributed by atoms with Crippen LogP contribution in [-0.4, -0.2) is 12.5 Å². The van der Waals surface area contributed by atoms with Gasteiger partial charge in [0.15, 0.2) is 0 Å². The van der Waals surface area contributed by atoms with Crippen LogP contribution in [0.2, 0.25) is 0 Å². The molecule has 5 N–H and O–H groups in total. The molecule has 16 heavy (non-hydrogen) atoms. The molecule has 1 aromatic rings. The van der Waals surface area contributed by atoms with Gasteiger partial charge < -0.3 is 16.8 Å². The minimum Gasteiger partial charge on any atom is -0.398 e. The zero-order valence-electron chi connectivity index (χ0n) is 10.0. The molecule has 0 unspecified atom stereocenters. The average molecular weight is 221 g/mol. The van der Waals surface area contributed by atoms with E-state index in [1.165, 1.54) is 0 Å². The predicted molar refractivity (Wildman–Crippen MR) is 67.3 cm³/mol. The van der Waals surface area contributed by atoms with E-state index in [9.17, 15) is 4.79 Å². The molecule has 0 bridgehead atoms. The maximum absolute atomic E-state index is 11.1. The van der Waals surface area contributed by atoms with Crippen molar-refractivity contribution >= 4 is 17.3 Å². The molecule has 0 aromatic heterocycles. The number of benzene rings is 1. The molecule has 1 amide bonds. The molecule has 1 rings (SSSR count). The second kappa shape index (κ2) is 4.43. The highest BCUT2D eigenvalue weighted by Gasteiger charge is 2.11. The van der Waals surface area contributed by atoms with Crippen LogP contribution < -0.4 is 16.8 Å². The summed E-state index contributed by atoms with van der Waals surface area (Å²) in [5, 5.41) is 3.24. The van der Waals surface area contributed by atoms with Crippen molar-refractivity contribution in [1.82, 2.24) is 0 Å². The number of carbonyl (C=O) groups is 1. The van der Waals surface area contributed by atoms with Gasteiger partial charge in [-0.05, 0) is 23.6 Å². The highest BCUT2D eigenvalue weighted by molar-refractivity contribution is 5.98. The Morgan fingerprint density at radius 3 is 2.50 bits per heavy atom. The van der Waals surface area contributed by atoms with Gasteiger partial charge in [-0.2, -0.15) is 0 Å². The molecule has 0 aliphatic carbocycles. The van der Waals surface area contributed by atoms with Crippen molar-refractivity contribution < 1.29 is 4.79 Å². The van der Waals surface area contributed by atoms with E-state index >= 15 is 0 Å². The lowest BCUT2D eigenvalue weighted by Crippen LogP contribution is -2.20. The monoisotopic (exact) mass is 221 g/mol. The second-order valence-electron chi connectivity index (χ2n) is 5.08. The van der Waals surface area contributed by atoms with E-state index in [0.29, 0.717) is 11.3 Å². The fourth-order valence-electron chi connectivity index (χ4n) is 1.25. The zero-order valence-corrected chi connectivity index (χ0v) is 10.0. The maximum Gasteiger partial charge on any atom is 0.250 e. The van der Waals surface area contributed by atoms with Crippen molar-refractivity contribution in [2.75, 3.05) is 17.6 Å². The number of nitrogens with one attached hydrogen (secondary N) is 1. The molecule has 1 aromatic carbocycles. The largest absolute Gasteiger partial charge is 0.398 e. The summed E-state index contributed by atoms with van der Waals surface area (Å²) in [6, 6.07) is 5.21. The van der Waals surface area contributed by atoms with Crippen LogP contribution in [0.1, 0.15) is 31.1 Å². The fraction of sp³-hybridized carbons (Fsp3) is 0.417. The molecule has 88 valence electrons. The zero-order chi connectivity index (χ0) is 12.3. The van der Waals surface area contributed by atoms with E-state index in [1.54, 1.807) is 12.1 Å². The Morgan fingerprint density at radius 1 is 1.38 bits per heavy atom. The Hall–Kier alpha value is -1.71. The van der Waals surface area contributed by atoms with Gasteiger partial charge in [-0.15, -0.1) is 0 Å². The lowest BCUT2D eigenvalue weighted by Gasteiger charge is -2.20. The molecule has 0 aliphatic heterocycles. The van der Waals surface area contributed by atoms with E-state index in [-0.39, 0.29) is 5.41 Å². The van der Waals surface area contributed by atoms with Crippen LogP contribution in [0.3, 0.4) is 0 Å². The van der Waals surface area contributed by atoms with Crippen molar-refractivity contribution in [1.29, 1.82) is 0 Å². The summed E-state index contributed by atoms with van der Waals surface area (Å²) in [6.07, 6.45) is 0. The molecule has 0 heterocycles. The van der Waals surface area contributed by atoms with Crippen molar-refractivity contribution in [3.05, 3.63) is 23.8 Å². The van der Waals surface area contributed by atoms with Crippen LogP contribution in [0.15, 0.2) is 18.2 Å². The van der Waals surface area contributed by atoms with E-state index in [0.717, 1.165) is 12.2 Å². The summed E-state index contributed by atoms with van der Waals surface area (Å²) in [4.78, 5) is 11.1. The third kappa shape index (κ3) is 3.46. The fourth-order valence-corrected chi connectivity index (χ4v) is 1.25. The van der Waals surface area contributed by atoms with Crippen molar-refractivity contribution in [3.63, 3.8) is 0 Å². The number of nitrogens with two attached hydrogens (primary N) is 2. The summed E-state index contributed by atoms with van der Waals surface area (Å²) < 4.78 is 0. The van der Waals surface area contributed by atoms with E-state index in [2.05, 4.69) is 26.1 Å². The van der Waals surface area contributed by atoms with Gasteiger partial charge in [0.2, 0.25) is 0 Å². The van der Waals surface area contributed by atoms with E-state index in [4.69, 9.17) is 11.5 Å². The molecule has 0 atom stereocenters. The first-order valence-corrected chi connectivity index (χ1v) is 5.23. The summed E-state index contributed by atoms with van der Waals surface area (Å²) in [6.45, 7) is 7.21. The van der Waals surface area contributed by atoms with Gasteiger partial charge in [0.05, 0.1) is 5.56 Å². The Labute approximate surface area is 96.0 Å². The molecular weight excluding hydrogens is 202 g/mol. The number of anilines is 2. The molecule has 0 radical (unpaired) electrons. The van der Waals surface area contributed by atoms with Gasteiger partial charge in [0.1, 0.15) is 0 Å². The number of rotatable bonds is 3. The molecule has 0 spiro atoms. The van der Waals surface area contributed by atoms with Crippen molar-refractivity contribution in [3.8, 4) is 0 Å². The Kier molecular flexibility index (Phi) is 3.42. The molecular formula is C12H19N3O. The van der Waals surface area contributed by atoms with Crippen molar-refractivity contribution in [2.24, 2.45) is 11.1 Å². The van der Waals surface area contributed by atoms with Crippen LogP contribution in [-0.2, 0) is 0 Å². The van der Waals surface area contributed by atoms with Crippen LogP contribution in [0.4, 0.5) is 11.4 Å². The summed E-state index contributed by atoms with van der Waals surface area (Å²) in [5.74, 6) is -0.503. The minimum absolute atomic E-state index is 0.175. The number of amides is 1. The minimum atomic E-state index is -0.503. The van der Waals surface area contributed by atoms with Crippen LogP contribution in [0.25, 0.3) is 0 Å². The van der Waals surface area contributed by atoms with Crippen LogP contribution >= 0.6 is 0 Å². The Bertz CT molecular complexity index is 394. The Balaban J connectivity index is 2.83. The number of hydrogen-bond donors (Lipinski definition) is 3. The van der Waals surface area contributed by atoms with Gasteiger partial charge in [0, 0.05) is 17.9 Å². The maximum atomic E-state index is 11.1. The number of primary amides is 1. The lowest BCUT2D eigenvalue weighted by atomic mass is 9.97. The van der Waals surface area contributed by atoms with E-state index in [1.807, 2.05) is 6.07 Å². The number of carbonyl (C=O) groups excluding carboxylic acids is 1. The second-order valence-corrected chi connectivity index (χ2v) is 5.08. The number of hydrogen-bond acceptors (Lipinski definition) is 3. The summed E-state index contributed by atoms with van der Waals surface area (Å²) >= 11 is 0. The molecule has 4 nitrogen and oxygen atoms in total. The highest BCUT2D eigenvalue weighted by atomic mass is 16.1. The lowest BCUT2D eigenvalue weighted by molar-refractivity contribution is 0.100. The van der Waals surface area contributed by atoms with Crippen molar-refractivity contribution in [2.45, 2.75) is 20.8 Å². The quantitative estimate of drug-likeness (QED) is 0.681. The van der Waals surface area contributed by atoms with Gasteiger partial charge in [0.25, 0.3) is 5.91 Å².